The Labute approximate surface area is 133 Å². The molecule has 4 aromatic rings. The maximum atomic E-state index is 5.80. The van der Waals surface area contributed by atoms with Gasteiger partial charge in [-0.15, -0.1) is 0 Å². The molecule has 0 fully saturated rings. The van der Waals surface area contributed by atoms with Crippen molar-refractivity contribution in [3.63, 3.8) is 0 Å². The van der Waals surface area contributed by atoms with Gasteiger partial charge in [0, 0.05) is 13.1 Å². The van der Waals surface area contributed by atoms with Gasteiger partial charge < -0.3 is 8.83 Å². The number of aryl methyl sites for hydroxylation is 2. The third kappa shape index (κ3) is 2.06. The molecule has 0 saturated carbocycles. The van der Waals surface area contributed by atoms with Crippen LogP contribution in [0.3, 0.4) is 0 Å². The van der Waals surface area contributed by atoms with Crippen molar-refractivity contribution >= 4 is 21.9 Å². The molecule has 4 nitrogen and oxygen atoms in total. The van der Waals surface area contributed by atoms with Gasteiger partial charge in [-0.3, -0.25) is 0 Å². The molecule has 0 aliphatic rings. The van der Waals surface area contributed by atoms with Crippen molar-refractivity contribution in [1.29, 1.82) is 0 Å². The van der Waals surface area contributed by atoms with Crippen LogP contribution in [0.2, 0.25) is 0 Å². The molecule has 4 rings (SSSR count). The van der Waals surface area contributed by atoms with Gasteiger partial charge in [0.25, 0.3) is 5.69 Å². The van der Waals surface area contributed by atoms with Crippen LogP contribution in [0.15, 0.2) is 62.5 Å². The van der Waals surface area contributed by atoms with Crippen LogP contribution in [0.25, 0.3) is 33.2 Å². The molecule has 0 saturated heterocycles. The molecule has 0 unspecified atom stereocenters. The van der Waals surface area contributed by atoms with Gasteiger partial charge in [0.1, 0.15) is 7.05 Å². The lowest BCUT2D eigenvalue weighted by Crippen LogP contribution is -2.30. The van der Waals surface area contributed by atoms with Gasteiger partial charge in [0.05, 0.1) is 5.56 Å². The monoisotopic (exact) mass is 305 g/mol. The lowest BCUT2D eigenvalue weighted by molar-refractivity contribution is -0.659. The zero-order valence-corrected chi connectivity index (χ0v) is 13.3. The summed E-state index contributed by atoms with van der Waals surface area (Å²) in [5, 5.41) is 2.47. The Bertz CT molecular complexity index is 1100. The Hall–Kier alpha value is -2.88. The van der Waals surface area contributed by atoms with Crippen LogP contribution in [0.4, 0.5) is 0 Å². The van der Waals surface area contributed by atoms with E-state index in [0.717, 1.165) is 11.3 Å². The summed E-state index contributed by atoms with van der Waals surface area (Å²) in [6, 6.07) is 14.6. The fraction of sp³-hybridized carbons (Fsp3) is 0.158. The highest BCUT2D eigenvalue weighted by molar-refractivity contribution is 5.94. The predicted molar refractivity (Wildman–Crippen MR) is 88.8 cm³/mol. The van der Waals surface area contributed by atoms with Crippen molar-refractivity contribution in [2.45, 2.75) is 6.92 Å². The predicted octanol–water partition coefficient (Wildman–Crippen LogP) is 3.51. The van der Waals surface area contributed by atoms with E-state index in [0.29, 0.717) is 11.2 Å². The molecule has 114 valence electrons. The fourth-order valence-electron chi connectivity index (χ4n) is 3.07. The van der Waals surface area contributed by atoms with E-state index in [1.165, 1.54) is 16.3 Å². The van der Waals surface area contributed by atoms with E-state index in [2.05, 4.69) is 52.9 Å². The van der Waals surface area contributed by atoms with Gasteiger partial charge in [-0.25, -0.2) is 4.99 Å². The molecule has 0 bridgehead atoms. The SMILES string of the molecule is CN=c1oc2cc[n+](C)c(-c3ccc4ccccc4c3C)c2o1. The quantitative estimate of drug-likeness (QED) is 0.505. The number of pyridine rings is 1. The number of aromatic nitrogens is 1. The van der Waals surface area contributed by atoms with E-state index in [4.69, 9.17) is 8.83 Å². The molecule has 23 heavy (non-hydrogen) atoms. The molecule has 2 heterocycles. The smallest absolute Gasteiger partial charge is 0.394 e. The number of hydrogen-bond acceptors (Lipinski definition) is 3. The van der Waals surface area contributed by atoms with Gasteiger partial charge in [-0.05, 0) is 29.3 Å². The first-order valence-corrected chi connectivity index (χ1v) is 7.53. The maximum absolute atomic E-state index is 5.80. The van der Waals surface area contributed by atoms with E-state index >= 15 is 0 Å². The van der Waals surface area contributed by atoms with Crippen LogP contribution >= 0.6 is 0 Å². The number of benzene rings is 2. The van der Waals surface area contributed by atoms with Crippen LogP contribution < -0.4 is 10.3 Å². The molecular weight excluding hydrogens is 288 g/mol. The van der Waals surface area contributed by atoms with Crippen molar-refractivity contribution < 1.29 is 13.4 Å². The van der Waals surface area contributed by atoms with E-state index in [-0.39, 0.29) is 5.75 Å². The number of fused-ring (bicyclic) bond motifs is 2. The lowest BCUT2D eigenvalue weighted by atomic mass is 9.97. The number of rotatable bonds is 1. The van der Waals surface area contributed by atoms with Crippen molar-refractivity contribution in [3.8, 4) is 11.3 Å². The fourth-order valence-corrected chi connectivity index (χ4v) is 3.07. The number of hydrogen-bond donors (Lipinski definition) is 0. The highest BCUT2D eigenvalue weighted by Crippen LogP contribution is 2.31. The first-order valence-electron chi connectivity index (χ1n) is 7.53. The zero-order valence-electron chi connectivity index (χ0n) is 13.3. The first kappa shape index (κ1) is 13.8. The van der Waals surface area contributed by atoms with Gasteiger partial charge >= 0.3 is 5.75 Å². The molecule has 2 aromatic carbocycles. The summed E-state index contributed by atoms with van der Waals surface area (Å²) in [6.45, 7) is 2.14. The summed E-state index contributed by atoms with van der Waals surface area (Å²) in [4.78, 5) is 4.00. The summed E-state index contributed by atoms with van der Waals surface area (Å²) in [5.74, 6) is 0.283. The van der Waals surface area contributed by atoms with Crippen LogP contribution in [0.1, 0.15) is 5.56 Å². The highest BCUT2D eigenvalue weighted by atomic mass is 16.5. The molecular formula is C19H17N2O2+. The second-order valence-corrected chi connectivity index (χ2v) is 5.62. The average molecular weight is 305 g/mol. The lowest BCUT2D eigenvalue weighted by Gasteiger charge is -2.08. The Balaban J connectivity index is 2.12. The number of nitrogens with zero attached hydrogens (tertiary/aromatic N) is 2. The van der Waals surface area contributed by atoms with Crippen LogP contribution in [0.5, 0.6) is 0 Å². The molecule has 0 atom stereocenters. The van der Waals surface area contributed by atoms with E-state index in [9.17, 15) is 0 Å². The molecule has 0 radical (unpaired) electrons. The third-order valence-electron chi connectivity index (χ3n) is 4.26. The summed E-state index contributed by atoms with van der Waals surface area (Å²) >= 11 is 0. The molecule has 0 amide bonds. The second kappa shape index (κ2) is 5.09. The molecule has 2 aromatic heterocycles. The minimum Gasteiger partial charge on any atom is -0.407 e. The Morgan fingerprint density at radius 2 is 1.83 bits per heavy atom. The summed E-state index contributed by atoms with van der Waals surface area (Å²) in [7, 11) is 3.66. The minimum absolute atomic E-state index is 0.283. The normalized spacial score (nSPS) is 12.4. The topological polar surface area (TPSA) is 42.5 Å². The molecule has 0 aliphatic heterocycles. The second-order valence-electron chi connectivity index (χ2n) is 5.62. The molecule has 4 heteroatoms. The summed E-state index contributed by atoms with van der Waals surface area (Å²) in [6.07, 6.45) is 1.98. The van der Waals surface area contributed by atoms with Gasteiger partial charge in [-0.1, -0.05) is 30.3 Å². The van der Waals surface area contributed by atoms with Crippen molar-refractivity contribution in [1.82, 2.24) is 0 Å². The van der Waals surface area contributed by atoms with Crippen LogP contribution in [0, 0.1) is 6.92 Å². The van der Waals surface area contributed by atoms with Gasteiger partial charge in [0.2, 0.25) is 5.58 Å². The van der Waals surface area contributed by atoms with E-state index in [1.54, 1.807) is 7.05 Å². The first-order chi connectivity index (χ1) is 11.2. The van der Waals surface area contributed by atoms with Gasteiger partial charge in [0.15, 0.2) is 11.8 Å². The molecule has 0 aliphatic carbocycles. The highest BCUT2D eigenvalue weighted by Gasteiger charge is 2.22. The Morgan fingerprint density at radius 3 is 2.65 bits per heavy atom. The third-order valence-corrected chi connectivity index (χ3v) is 4.26. The molecule has 0 spiro atoms. The van der Waals surface area contributed by atoms with Gasteiger partial charge in [-0.2, -0.15) is 4.57 Å². The maximum Gasteiger partial charge on any atom is 0.394 e. The molecule has 0 N–H and O–H groups in total. The van der Waals surface area contributed by atoms with Crippen LogP contribution in [-0.2, 0) is 7.05 Å². The Kier molecular flexibility index (Phi) is 3.05. The van der Waals surface area contributed by atoms with Crippen molar-refractivity contribution in [2.24, 2.45) is 12.0 Å². The van der Waals surface area contributed by atoms with Crippen molar-refractivity contribution in [2.75, 3.05) is 7.05 Å². The summed E-state index contributed by atoms with van der Waals surface area (Å²) in [5.41, 5.74) is 4.76. The summed E-state index contributed by atoms with van der Waals surface area (Å²) < 4.78 is 13.5. The standard InChI is InChI=1S/C19H17N2O2/c1-12-14-7-5-4-6-13(14)8-9-15(12)17-18-16(10-11-21(17)3)22-19(20-2)23-18/h4-11H,1-3H3/q+1. The Morgan fingerprint density at radius 1 is 1.00 bits per heavy atom. The van der Waals surface area contributed by atoms with E-state index < -0.39 is 0 Å². The minimum atomic E-state index is 0.283. The van der Waals surface area contributed by atoms with Crippen LogP contribution in [-0.4, -0.2) is 7.05 Å². The van der Waals surface area contributed by atoms with E-state index in [1.807, 2.05) is 19.3 Å². The van der Waals surface area contributed by atoms with Crippen molar-refractivity contribution in [3.05, 3.63) is 60.0 Å². The largest absolute Gasteiger partial charge is 0.407 e. The zero-order chi connectivity index (χ0) is 16.0. The average Bonchev–Trinajstić information content (AvgIpc) is 3.00.